The average Bonchev–Trinajstić information content (AvgIpc) is 2.90. The Morgan fingerprint density at radius 1 is 1.21 bits per heavy atom. The van der Waals surface area contributed by atoms with E-state index in [1.807, 2.05) is 36.7 Å². The van der Waals surface area contributed by atoms with E-state index in [-0.39, 0.29) is 12.4 Å². The molecule has 0 saturated carbocycles. The Morgan fingerprint density at radius 3 is 2.68 bits per heavy atom. The predicted molar refractivity (Wildman–Crippen MR) is 81.7 cm³/mol. The molecule has 0 unspecified atom stereocenters. The van der Waals surface area contributed by atoms with Crippen molar-refractivity contribution < 1.29 is 9.47 Å². The maximum atomic E-state index is 5.77. The molecular weight excluding hydrogens is 282 g/mol. The molecular formula is C14H18ClNO2S. The molecule has 1 aromatic carbocycles. The van der Waals surface area contributed by atoms with E-state index < -0.39 is 0 Å². The number of hydrogen-bond acceptors (Lipinski definition) is 4. The van der Waals surface area contributed by atoms with Gasteiger partial charge in [-0.1, -0.05) is 12.1 Å². The summed E-state index contributed by atoms with van der Waals surface area (Å²) in [5.74, 6) is 1.56. The van der Waals surface area contributed by atoms with Gasteiger partial charge in [0, 0.05) is 11.4 Å². The Morgan fingerprint density at radius 2 is 2.05 bits per heavy atom. The lowest BCUT2D eigenvalue weighted by atomic mass is 10.2. The highest BCUT2D eigenvalue weighted by Gasteiger charge is 2.06. The molecule has 0 aliphatic carbocycles. The van der Waals surface area contributed by atoms with Crippen LogP contribution in [0.25, 0.3) is 0 Å². The maximum Gasteiger partial charge on any atom is 0.161 e. The van der Waals surface area contributed by atoms with Gasteiger partial charge in [0.15, 0.2) is 11.5 Å². The van der Waals surface area contributed by atoms with Crippen molar-refractivity contribution in [2.45, 2.75) is 13.2 Å². The monoisotopic (exact) mass is 299 g/mol. The molecule has 5 heteroatoms. The molecule has 0 aliphatic rings. The van der Waals surface area contributed by atoms with Crippen LogP contribution in [0.1, 0.15) is 10.4 Å². The summed E-state index contributed by atoms with van der Waals surface area (Å²) in [6, 6.07) is 10.1. The number of nitrogens with one attached hydrogen (secondary N) is 1. The third-order valence-corrected chi connectivity index (χ3v) is 3.41. The normalized spacial score (nSPS) is 9.79. The Balaban J connectivity index is 0.00000180. The van der Waals surface area contributed by atoms with E-state index in [4.69, 9.17) is 9.47 Å². The van der Waals surface area contributed by atoms with Gasteiger partial charge in [-0.25, -0.2) is 0 Å². The van der Waals surface area contributed by atoms with Crippen LogP contribution in [0.4, 0.5) is 0 Å². The molecule has 2 aromatic rings. The van der Waals surface area contributed by atoms with Gasteiger partial charge in [0.25, 0.3) is 0 Å². The topological polar surface area (TPSA) is 30.5 Å². The summed E-state index contributed by atoms with van der Waals surface area (Å²) in [7, 11) is 3.59. The molecule has 104 valence electrons. The standard InChI is InChI=1S/C14H17NO2S.ClH/c1-15-9-11-5-6-13(14(8-11)16-2)17-10-12-4-3-7-18-12;/h3-8,15H,9-10H2,1-2H3;1H. The molecule has 0 radical (unpaired) electrons. The molecule has 0 spiro atoms. The molecule has 19 heavy (non-hydrogen) atoms. The molecule has 0 amide bonds. The van der Waals surface area contributed by atoms with E-state index in [1.54, 1.807) is 18.4 Å². The zero-order chi connectivity index (χ0) is 12.8. The van der Waals surface area contributed by atoms with Crippen molar-refractivity contribution in [3.8, 4) is 11.5 Å². The second-order valence-corrected chi connectivity index (χ2v) is 4.92. The van der Waals surface area contributed by atoms with Crippen molar-refractivity contribution in [1.82, 2.24) is 5.32 Å². The van der Waals surface area contributed by atoms with Crippen LogP contribution >= 0.6 is 23.7 Å². The van der Waals surface area contributed by atoms with Gasteiger partial charge < -0.3 is 14.8 Å². The second kappa shape index (κ2) is 8.04. The molecule has 3 nitrogen and oxygen atoms in total. The van der Waals surface area contributed by atoms with Gasteiger partial charge >= 0.3 is 0 Å². The molecule has 0 aliphatic heterocycles. The van der Waals surface area contributed by atoms with Gasteiger partial charge in [0.05, 0.1) is 7.11 Å². The molecule has 1 aromatic heterocycles. The van der Waals surface area contributed by atoms with Crippen LogP contribution < -0.4 is 14.8 Å². The summed E-state index contributed by atoms with van der Waals surface area (Å²) < 4.78 is 11.1. The maximum absolute atomic E-state index is 5.77. The van der Waals surface area contributed by atoms with Crippen molar-refractivity contribution in [1.29, 1.82) is 0 Å². The Bertz CT molecular complexity index is 488. The number of hydrogen-bond donors (Lipinski definition) is 1. The van der Waals surface area contributed by atoms with Crippen molar-refractivity contribution in [2.24, 2.45) is 0 Å². The van der Waals surface area contributed by atoms with Gasteiger partial charge in [-0.3, -0.25) is 0 Å². The van der Waals surface area contributed by atoms with Crippen LogP contribution in [-0.4, -0.2) is 14.2 Å². The summed E-state index contributed by atoms with van der Waals surface area (Å²) in [5, 5.41) is 5.16. The third-order valence-electron chi connectivity index (χ3n) is 2.56. The molecule has 0 atom stereocenters. The third kappa shape index (κ3) is 4.42. The summed E-state index contributed by atoms with van der Waals surface area (Å²) >= 11 is 1.69. The lowest BCUT2D eigenvalue weighted by molar-refractivity contribution is 0.287. The van der Waals surface area contributed by atoms with E-state index in [2.05, 4.69) is 11.4 Å². The molecule has 0 saturated heterocycles. The first-order valence-corrected chi connectivity index (χ1v) is 6.68. The van der Waals surface area contributed by atoms with E-state index in [9.17, 15) is 0 Å². The number of benzene rings is 1. The van der Waals surface area contributed by atoms with E-state index in [1.165, 1.54) is 10.4 Å². The van der Waals surface area contributed by atoms with Gasteiger partial charge in [-0.05, 0) is 36.2 Å². The number of methoxy groups -OCH3 is 1. The quantitative estimate of drug-likeness (QED) is 0.886. The van der Waals surface area contributed by atoms with Crippen LogP contribution in [0.3, 0.4) is 0 Å². The molecule has 1 N–H and O–H groups in total. The van der Waals surface area contributed by atoms with Crippen LogP contribution in [0, 0.1) is 0 Å². The van der Waals surface area contributed by atoms with E-state index in [0.717, 1.165) is 18.0 Å². The fourth-order valence-corrected chi connectivity index (χ4v) is 2.30. The fraction of sp³-hybridized carbons (Fsp3) is 0.286. The smallest absolute Gasteiger partial charge is 0.161 e. The Labute approximate surface area is 124 Å². The van der Waals surface area contributed by atoms with Gasteiger partial charge in [-0.15, -0.1) is 23.7 Å². The van der Waals surface area contributed by atoms with E-state index >= 15 is 0 Å². The lowest BCUT2D eigenvalue weighted by Gasteiger charge is -2.11. The number of thiophene rings is 1. The van der Waals surface area contributed by atoms with Crippen LogP contribution in [0.5, 0.6) is 11.5 Å². The summed E-state index contributed by atoms with van der Waals surface area (Å²) in [6.07, 6.45) is 0. The molecule has 2 rings (SSSR count). The van der Waals surface area contributed by atoms with Crippen molar-refractivity contribution >= 4 is 23.7 Å². The molecule has 0 fully saturated rings. The lowest BCUT2D eigenvalue weighted by Crippen LogP contribution is -2.05. The zero-order valence-electron chi connectivity index (χ0n) is 11.0. The minimum atomic E-state index is 0. The summed E-state index contributed by atoms with van der Waals surface area (Å²) in [6.45, 7) is 1.40. The van der Waals surface area contributed by atoms with Gasteiger partial charge in [0.2, 0.25) is 0 Å². The highest BCUT2D eigenvalue weighted by atomic mass is 35.5. The Hall–Kier alpha value is -1.23. The van der Waals surface area contributed by atoms with Crippen LogP contribution in [0.2, 0.25) is 0 Å². The second-order valence-electron chi connectivity index (χ2n) is 3.88. The Kier molecular flexibility index (Phi) is 6.70. The van der Waals surface area contributed by atoms with Gasteiger partial charge in [0.1, 0.15) is 6.61 Å². The predicted octanol–water partition coefficient (Wildman–Crippen LogP) is 3.48. The first-order valence-electron chi connectivity index (χ1n) is 5.80. The van der Waals surface area contributed by atoms with Crippen LogP contribution in [0.15, 0.2) is 35.7 Å². The number of halogens is 1. The molecule has 0 bridgehead atoms. The van der Waals surface area contributed by atoms with Crippen molar-refractivity contribution in [3.63, 3.8) is 0 Å². The summed E-state index contributed by atoms with van der Waals surface area (Å²) in [5.41, 5.74) is 1.18. The van der Waals surface area contributed by atoms with Crippen molar-refractivity contribution in [3.05, 3.63) is 46.2 Å². The number of ether oxygens (including phenoxy) is 2. The first kappa shape index (κ1) is 15.8. The minimum absolute atomic E-state index is 0. The first-order chi connectivity index (χ1) is 8.83. The number of rotatable bonds is 6. The largest absolute Gasteiger partial charge is 0.493 e. The average molecular weight is 300 g/mol. The van der Waals surface area contributed by atoms with Gasteiger partial charge in [-0.2, -0.15) is 0 Å². The summed E-state index contributed by atoms with van der Waals surface area (Å²) in [4.78, 5) is 1.20. The highest BCUT2D eigenvalue weighted by molar-refractivity contribution is 7.09. The minimum Gasteiger partial charge on any atom is -0.493 e. The SMILES string of the molecule is CNCc1ccc(OCc2cccs2)c(OC)c1.Cl. The van der Waals surface area contributed by atoms with Crippen molar-refractivity contribution in [2.75, 3.05) is 14.2 Å². The fourth-order valence-electron chi connectivity index (χ4n) is 1.69. The zero-order valence-corrected chi connectivity index (χ0v) is 12.6. The van der Waals surface area contributed by atoms with E-state index in [0.29, 0.717) is 6.61 Å². The van der Waals surface area contributed by atoms with Crippen LogP contribution in [-0.2, 0) is 13.2 Å². The molecule has 1 heterocycles. The highest BCUT2D eigenvalue weighted by Crippen LogP contribution is 2.29.